The average Bonchev–Trinajstić information content (AvgIpc) is 2.42. The van der Waals surface area contributed by atoms with Crippen LogP contribution < -0.4 is 4.70 Å². The first-order valence-corrected chi connectivity index (χ1v) is 7.82. The number of nitrogens with zero attached hydrogens (tertiary/aromatic N) is 2. The van der Waals surface area contributed by atoms with Crippen molar-refractivity contribution in [1.29, 1.82) is 0 Å². The molecule has 2 heterocycles. The van der Waals surface area contributed by atoms with Crippen LogP contribution in [0.1, 0.15) is 0 Å². The molecule has 0 bridgehead atoms. The van der Waals surface area contributed by atoms with Crippen molar-refractivity contribution in [3.63, 3.8) is 0 Å². The molecule has 22 heavy (non-hydrogen) atoms. The summed E-state index contributed by atoms with van der Waals surface area (Å²) in [5.41, 5.74) is 0. The zero-order chi connectivity index (χ0) is 15.6. The van der Waals surface area contributed by atoms with Crippen molar-refractivity contribution in [2.75, 3.05) is 0 Å². The molecule has 0 atom stereocenters. The molecule has 0 aliphatic heterocycles. The first-order chi connectivity index (χ1) is 9.46. The normalized spacial score (nSPS) is 6.55. The molecule has 0 amide bonds. The molecular weight excluding hydrogens is 386 g/mol. The Kier molecular flexibility index (Phi) is 30.9. The van der Waals surface area contributed by atoms with Crippen LogP contribution in [0.2, 0.25) is 0 Å². The minimum atomic E-state index is -3.79. The summed E-state index contributed by atoms with van der Waals surface area (Å²) in [6.07, 6.45) is 7.00. The summed E-state index contributed by atoms with van der Waals surface area (Å²) in [5, 5.41) is 0. The average molecular weight is 397 g/mol. The van der Waals surface area contributed by atoms with Gasteiger partial charge in [0, 0.05) is 24.8 Å². The van der Waals surface area contributed by atoms with Crippen LogP contribution in [0.25, 0.3) is 0 Å². The minimum absolute atomic E-state index is 0. The molecule has 0 unspecified atom stereocenters. The summed E-state index contributed by atoms with van der Waals surface area (Å²) < 4.78 is 51.2. The zero-order valence-corrected chi connectivity index (χ0v) is 13.3. The number of hydrogen-bond acceptors (Lipinski definition) is 8. The quantitative estimate of drug-likeness (QED) is 0.531. The van der Waals surface area contributed by atoms with Crippen molar-refractivity contribution in [1.82, 2.24) is 9.97 Å². The topological polar surface area (TPSA) is 128 Å². The fourth-order valence-electron chi connectivity index (χ4n) is 0.625. The Labute approximate surface area is 131 Å². The number of aromatic nitrogens is 2. The second-order valence-corrected chi connectivity index (χ2v) is 3.73. The molecule has 0 fully saturated rings. The van der Waals surface area contributed by atoms with E-state index in [4.69, 9.17) is 22.8 Å². The van der Waals surface area contributed by atoms with Crippen LogP contribution in [-0.2, 0) is 50.7 Å². The Morgan fingerprint density at radius 2 is 0.682 bits per heavy atom. The third kappa shape index (κ3) is 52.0. The summed E-state index contributed by atoms with van der Waals surface area (Å²) in [6.45, 7) is 0. The van der Waals surface area contributed by atoms with Crippen LogP contribution in [-0.4, -0.2) is 9.97 Å². The third-order valence-corrected chi connectivity index (χ3v) is 1.13. The van der Waals surface area contributed by atoms with Gasteiger partial charge < -0.3 is 4.70 Å². The molecule has 0 aliphatic carbocycles. The molecular formula is C10H11Cr2F2N2O6-. The number of rotatable bonds is 0. The van der Waals surface area contributed by atoms with Gasteiger partial charge >= 0.3 is 50.7 Å². The van der Waals surface area contributed by atoms with Crippen molar-refractivity contribution < 1.29 is 60.1 Å². The summed E-state index contributed by atoms with van der Waals surface area (Å²) in [5.74, 6) is 0. The summed E-state index contributed by atoms with van der Waals surface area (Å²) in [4.78, 5) is 7.57. The van der Waals surface area contributed by atoms with E-state index in [9.17, 15) is 0 Å². The third-order valence-electron chi connectivity index (χ3n) is 1.13. The predicted molar refractivity (Wildman–Crippen MR) is 55.1 cm³/mol. The standard InChI is InChI=1S/2C5H5N.2Cr.2FH.6O/c2*1-2-4-6-5-3-1;;;;;;;;;;/h2*1-5H;;;2*1H;;;;;;/p-1. The van der Waals surface area contributed by atoms with E-state index >= 15 is 0 Å². The number of halogens is 2. The van der Waals surface area contributed by atoms with Gasteiger partial charge in [-0.05, 0) is 24.3 Å². The predicted octanol–water partition coefficient (Wildman–Crippen LogP) is -1.40. The molecule has 8 nitrogen and oxygen atoms in total. The number of hydrogen-bond donors (Lipinski definition) is 0. The largest absolute Gasteiger partial charge is 0.265 e. The maximum Gasteiger partial charge on any atom is 0.0267 e. The molecule has 2 aromatic heterocycles. The SMILES string of the molecule is F.[F-].[O]=[Cr](=[O])=[O].[O]=[Cr](=[O])=[O].c1ccncc1.c1ccncc1. The Hall–Kier alpha value is -1.98. The minimum Gasteiger partial charge on any atom is -0.265 e. The van der Waals surface area contributed by atoms with E-state index in [1.165, 1.54) is 0 Å². The van der Waals surface area contributed by atoms with Crippen LogP contribution in [0.5, 0.6) is 0 Å². The van der Waals surface area contributed by atoms with Crippen molar-refractivity contribution >= 4 is 0 Å². The van der Waals surface area contributed by atoms with E-state index in [1.54, 1.807) is 24.8 Å². The smallest absolute Gasteiger partial charge is 0.0267 e. The molecule has 12 heteroatoms. The van der Waals surface area contributed by atoms with Gasteiger partial charge in [0.2, 0.25) is 0 Å². The van der Waals surface area contributed by atoms with E-state index in [0.29, 0.717) is 0 Å². The van der Waals surface area contributed by atoms with Gasteiger partial charge in [-0.2, -0.15) is 0 Å². The van der Waals surface area contributed by atoms with E-state index in [1.807, 2.05) is 36.4 Å². The summed E-state index contributed by atoms with van der Waals surface area (Å²) in [7, 11) is 0. The summed E-state index contributed by atoms with van der Waals surface area (Å²) in [6, 6.07) is 11.4. The van der Waals surface area contributed by atoms with Gasteiger partial charge in [0.1, 0.15) is 0 Å². The molecule has 0 saturated heterocycles. The van der Waals surface area contributed by atoms with Crippen molar-refractivity contribution in [2.45, 2.75) is 0 Å². The monoisotopic (exact) mass is 397 g/mol. The number of pyridine rings is 2. The van der Waals surface area contributed by atoms with Gasteiger partial charge in [-0.15, -0.1) is 0 Å². The second-order valence-electron chi connectivity index (χ2n) is 2.46. The van der Waals surface area contributed by atoms with Crippen molar-refractivity contribution in [2.24, 2.45) is 0 Å². The maximum absolute atomic E-state index is 8.54. The van der Waals surface area contributed by atoms with Gasteiger partial charge in [-0.25, -0.2) is 0 Å². The van der Waals surface area contributed by atoms with Crippen LogP contribution in [0.15, 0.2) is 61.2 Å². The van der Waals surface area contributed by atoms with Gasteiger partial charge in [-0.1, -0.05) is 12.1 Å². The molecule has 0 aromatic carbocycles. The van der Waals surface area contributed by atoms with E-state index in [0.717, 1.165) is 0 Å². The second kappa shape index (κ2) is 24.1. The fraction of sp³-hybridized carbons (Fsp3) is 0. The Morgan fingerprint density at radius 3 is 0.727 bits per heavy atom. The molecule has 2 aromatic rings. The van der Waals surface area contributed by atoms with Gasteiger partial charge in [-0.3, -0.25) is 14.7 Å². The first-order valence-electron chi connectivity index (χ1n) is 4.70. The van der Waals surface area contributed by atoms with Crippen LogP contribution >= 0.6 is 0 Å². The Bertz CT molecular complexity index is 511. The zero-order valence-electron chi connectivity index (χ0n) is 10.7. The first kappa shape index (κ1) is 28.2. The summed E-state index contributed by atoms with van der Waals surface area (Å²) >= 11 is -7.58. The maximum atomic E-state index is 8.54. The molecule has 0 aliphatic rings. The van der Waals surface area contributed by atoms with Crippen LogP contribution in [0.4, 0.5) is 4.70 Å². The van der Waals surface area contributed by atoms with Gasteiger partial charge in [0.25, 0.3) is 0 Å². The fourth-order valence-corrected chi connectivity index (χ4v) is 0.625. The molecule has 0 N–H and O–H groups in total. The van der Waals surface area contributed by atoms with Crippen LogP contribution in [0.3, 0.4) is 0 Å². The molecule has 2 rings (SSSR count). The van der Waals surface area contributed by atoms with Crippen LogP contribution in [0, 0.1) is 0 Å². The van der Waals surface area contributed by atoms with Crippen molar-refractivity contribution in [3.8, 4) is 0 Å². The van der Waals surface area contributed by atoms with Gasteiger partial charge in [0.15, 0.2) is 0 Å². The van der Waals surface area contributed by atoms with Gasteiger partial charge in [0.05, 0.1) is 0 Å². The van der Waals surface area contributed by atoms with E-state index in [2.05, 4.69) is 9.97 Å². The molecule has 0 spiro atoms. The Balaban J connectivity index is -0.0000000975. The molecule has 124 valence electrons. The van der Waals surface area contributed by atoms with E-state index in [-0.39, 0.29) is 9.41 Å². The Morgan fingerprint density at radius 1 is 0.500 bits per heavy atom. The van der Waals surface area contributed by atoms with E-state index < -0.39 is 27.9 Å². The molecule has 0 radical (unpaired) electrons. The molecule has 0 saturated carbocycles. The van der Waals surface area contributed by atoms with Crippen molar-refractivity contribution in [3.05, 3.63) is 61.2 Å².